The third-order valence-electron chi connectivity index (χ3n) is 4.23. The summed E-state index contributed by atoms with van der Waals surface area (Å²) in [5, 5.41) is 4.44. The molecule has 4 aromatic rings. The van der Waals surface area contributed by atoms with E-state index in [0.29, 0.717) is 22.6 Å². The van der Waals surface area contributed by atoms with Crippen LogP contribution in [0.5, 0.6) is 0 Å². The molecule has 0 bridgehead atoms. The Bertz CT molecular complexity index is 1300. The number of rotatable bonds is 4. The lowest BCUT2D eigenvalue weighted by Crippen LogP contribution is -2.14. The minimum absolute atomic E-state index is 0.0102. The van der Waals surface area contributed by atoms with Crippen LogP contribution < -0.4 is 10.5 Å². The van der Waals surface area contributed by atoms with Gasteiger partial charge in [0.1, 0.15) is 0 Å². The molecular weight excluding hydrogens is 368 g/mol. The third-order valence-corrected chi connectivity index (χ3v) is 5.58. The van der Waals surface area contributed by atoms with Crippen molar-refractivity contribution in [2.24, 2.45) is 0 Å². The predicted octanol–water partition coefficient (Wildman–Crippen LogP) is 2.72. The van der Waals surface area contributed by atoms with Gasteiger partial charge in [0, 0.05) is 6.07 Å². The SMILES string of the molecule is Cc1nn(-c2ccccc2)c(C)c1NS(=O)(=O)c1ccc2[nH]c(=O)oc2c1. The van der Waals surface area contributed by atoms with Gasteiger partial charge in [-0.05, 0) is 38.1 Å². The maximum absolute atomic E-state index is 12.8. The van der Waals surface area contributed by atoms with E-state index >= 15 is 0 Å². The van der Waals surface area contributed by atoms with Gasteiger partial charge in [-0.2, -0.15) is 5.10 Å². The van der Waals surface area contributed by atoms with E-state index in [4.69, 9.17) is 4.42 Å². The monoisotopic (exact) mass is 384 g/mol. The Balaban J connectivity index is 1.74. The minimum Gasteiger partial charge on any atom is -0.408 e. The quantitative estimate of drug-likeness (QED) is 0.562. The van der Waals surface area contributed by atoms with Crippen LogP contribution >= 0.6 is 0 Å². The van der Waals surface area contributed by atoms with Crippen molar-refractivity contribution in [3.05, 3.63) is 70.5 Å². The lowest BCUT2D eigenvalue weighted by molar-refractivity contribution is 0.554. The first-order valence-electron chi connectivity index (χ1n) is 8.12. The number of nitrogens with one attached hydrogen (secondary N) is 2. The number of aromatic amines is 1. The largest absolute Gasteiger partial charge is 0.417 e. The lowest BCUT2D eigenvalue weighted by atomic mass is 10.3. The van der Waals surface area contributed by atoms with E-state index in [0.717, 1.165) is 5.69 Å². The second-order valence-corrected chi connectivity index (χ2v) is 7.75. The number of nitrogens with zero attached hydrogens (tertiary/aromatic N) is 2. The van der Waals surface area contributed by atoms with E-state index in [-0.39, 0.29) is 10.5 Å². The second-order valence-electron chi connectivity index (χ2n) is 6.07. The van der Waals surface area contributed by atoms with Crippen LogP contribution in [0.2, 0.25) is 0 Å². The van der Waals surface area contributed by atoms with Crippen LogP contribution in [0.25, 0.3) is 16.8 Å². The zero-order chi connectivity index (χ0) is 19.2. The van der Waals surface area contributed by atoms with Gasteiger partial charge in [-0.25, -0.2) is 17.9 Å². The van der Waals surface area contributed by atoms with Crippen LogP contribution in [0.15, 0.2) is 62.6 Å². The van der Waals surface area contributed by atoms with Crippen molar-refractivity contribution in [2.75, 3.05) is 4.72 Å². The van der Waals surface area contributed by atoms with E-state index in [1.807, 2.05) is 30.3 Å². The summed E-state index contributed by atoms with van der Waals surface area (Å²) < 4.78 is 34.9. The van der Waals surface area contributed by atoms with Gasteiger partial charge in [-0.1, -0.05) is 18.2 Å². The summed E-state index contributed by atoms with van der Waals surface area (Å²) in [6, 6.07) is 13.6. The number of benzene rings is 2. The molecule has 2 aromatic heterocycles. The number of H-pyrrole nitrogens is 1. The standard InChI is InChI=1S/C18H16N4O4S/c1-11-17(12(2)22(20-11)13-6-4-3-5-7-13)21-27(24,25)14-8-9-15-16(10-14)26-18(23)19-15/h3-10,21H,1-2H3,(H,19,23). The highest BCUT2D eigenvalue weighted by Crippen LogP contribution is 2.26. The van der Waals surface area contributed by atoms with Gasteiger partial charge in [-0.15, -0.1) is 0 Å². The summed E-state index contributed by atoms with van der Waals surface area (Å²) >= 11 is 0. The first kappa shape index (κ1) is 17.1. The Hall–Kier alpha value is -3.33. The fourth-order valence-corrected chi connectivity index (χ4v) is 4.09. The molecule has 0 aliphatic rings. The zero-order valence-corrected chi connectivity index (χ0v) is 15.4. The number of hydrogen-bond acceptors (Lipinski definition) is 5. The van der Waals surface area contributed by atoms with E-state index in [1.165, 1.54) is 18.2 Å². The van der Waals surface area contributed by atoms with Crippen molar-refractivity contribution in [1.82, 2.24) is 14.8 Å². The van der Waals surface area contributed by atoms with Gasteiger partial charge in [-0.3, -0.25) is 9.71 Å². The molecule has 2 aromatic carbocycles. The molecule has 27 heavy (non-hydrogen) atoms. The number of oxazole rings is 1. The maximum atomic E-state index is 12.8. The van der Waals surface area contributed by atoms with Gasteiger partial charge < -0.3 is 4.42 Å². The van der Waals surface area contributed by atoms with Crippen molar-refractivity contribution in [3.8, 4) is 5.69 Å². The molecule has 0 fully saturated rings. The maximum Gasteiger partial charge on any atom is 0.417 e. The van der Waals surface area contributed by atoms with Gasteiger partial charge >= 0.3 is 5.76 Å². The summed E-state index contributed by atoms with van der Waals surface area (Å²) in [4.78, 5) is 13.7. The number of aromatic nitrogens is 3. The molecule has 0 aliphatic carbocycles. The van der Waals surface area contributed by atoms with Crippen LogP contribution in [-0.2, 0) is 10.0 Å². The van der Waals surface area contributed by atoms with Crippen molar-refractivity contribution < 1.29 is 12.8 Å². The van der Waals surface area contributed by atoms with Gasteiger partial charge in [0.2, 0.25) is 0 Å². The molecule has 0 unspecified atom stereocenters. The Kier molecular flexibility index (Phi) is 3.88. The second kappa shape index (κ2) is 6.13. The van der Waals surface area contributed by atoms with Crippen molar-refractivity contribution in [3.63, 3.8) is 0 Å². The number of hydrogen-bond donors (Lipinski definition) is 2. The molecule has 0 radical (unpaired) electrons. The van der Waals surface area contributed by atoms with Crippen LogP contribution in [0.3, 0.4) is 0 Å². The van der Waals surface area contributed by atoms with Crippen molar-refractivity contribution in [1.29, 1.82) is 0 Å². The number of fused-ring (bicyclic) bond motifs is 1. The summed E-state index contributed by atoms with van der Waals surface area (Å²) in [6.45, 7) is 3.53. The highest BCUT2D eigenvalue weighted by Gasteiger charge is 2.21. The molecule has 0 spiro atoms. The summed E-state index contributed by atoms with van der Waals surface area (Å²) in [5.74, 6) is -0.636. The molecule has 0 saturated heterocycles. The first-order chi connectivity index (χ1) is 12.8. The minimum atomic E-state index is -3.89. The normalized spacial score (nSPS) is 11.8. The fourth-order valence-electron chi connectivity index (χ4n) is 2.90. The lowest BCUT2D eigenvalue weighted by Gasteiger charge is -2.09. The number of para-hydroxylation sites is 1. The molecule has 8 nitrogen and oxygen atoms in total. The molecule has 0 aliphatic heterocycles. The zero-order valence-electron chi connectivity index (χ0n) is 14.6. The topological polar surface area (TPSA) is 110 Å². The van der Waals surface area contributed by atoms with E-state index in [9.17, 15) is 13.2 Å². The molecular formula is C18H16N4O4S. The molecule has 0 atom stereocenters. The van der Waals surface area contributed by atoms with Gasteiger partial charge in [0.25, 0.3) is 10.0 Å². The highest BCUT2D eigenvalue weighted by atomic mass is 32.2. The molecule has 2 N–H and O–H groups in total. The summed E-state index contributed by atoms with van der Waals surface area (Å²) in [6.07, 6.45) is 0. The molecule has 4 rings (SSSR count). The van der Waals surface area contributed by atoms with Crippen LogP contribution in [0.1, 0.15) is 11.4 Å². The number of anilines is 1. The average Bonchev–Trinajstić information content (AvgIpc) is 3.15. The Labute approximate surface area is 154 Å². The average molecular weight is 384 g/mol. The van der Waals surface area contributed by atoms with E-state index < -0.39 is 15.8 Å². The number of aryl methyl sites for hydroxylation is 1. The van der Waals surface area contributed by atoms with Crippen molar-refractivity contribution in [2.45, 2.75) is 18.7 Å². The summed E-state index contributed by atoms with van der Waals surface area (Å²) in [7, 11) is -3.89. The Morgan fingerprint density at radius 2 is 1.85 bits per heavy atom. The molecule has 138 valence electrons. The van der Waals surface area contributed by atoms with Gasteiger partial charge in [0.15, 0.2) is 5.58 Å². The molecule has 0 saturated carbocycles. The highest BCUT2D eigenvalue weighted by molar-refractivity contribution is 7.92. The smallest absolute Gasteiger partial charge is 0.408 e. The van der Waals surface area contributed by atoms with Crippen molar-refractivity contribution >= 4 is 26.8 Å². The Morgan fingerprint density at radius 3 is 2.59 bits per heavy atom. The molecule has 2 heterocycles. The Morgan fingerprint density at radius 1 is 1.11 bits per heavy atom. The number of sulfonamides is 1. The molecule has 9 heteroatoms. The van der Waals surface area contributed by atoms with Crippen LogP contribution in [-0.4, -0.2) is 23.2 Å². The first-order valence-corrected chi connectivity index (χ1v) is 9.61. The van der Waals surface area contributed by atoms with Crippen LogP contribution in [0, 0.1) is 13.8 Å². The fraction of sp³-hybridized carbons (Fsp3) is 0.111. The van der Waals surface area contributed by atoms with E-state index in [1.54, 1.807) is 18.5 Å². The molecule has 0 amide bonds. The predicted molar refractivity (Wildman–Crippen MR) is 101 cm³/mol. The van der Waals surface area contributed by atoms with Crippen LogP contribution in [0.4, 0.5) is 5.69 Å². The van der Waals surface area contributed by atoms with E-state index in [2.05, 4.69) is 14.8 Å². The summed E-state index contributed by atoms with van der Waals surface area (Å²) in [5.41, 5.74) is 3.07. The third kappa shape index (κ3) is 3.02. The van der Waals surface area contributed by atoms with Gasteiger partial charge in [0.05, 0.1) is 33.2 Å².